The molecule has 0 fully saturated rings. The summed E-state index contributed by atoms with van der Waals surface area (Å²) in [5.41, 5.74) is 0.455. The van der Waals surface area contributed by atoms with Gasteiger partial charge in [0.25, 0.3) is 0 Å². The molecule has 0 aliphatic heterocycles. The number of hydrogen-bond donors (Lipinski definition) is 2. The molecular formula is C21H21N5O5S2. The molecule has 12 heteroatoms. The fourth-order valence-corrected chi connectivity index (χ4v) is 4.77. The molecule has 4 aromatic rings. The normalized spacial score (nSPS) is 12.2. The van der Waals surface area contributed by atoms with E-state index in [0.717, 1.165) is 6.26 Å². The molecule has 4 rings (SSSR count). The molecule has 2 heterocycles. The summed E-state index contributed by atoms with van der Waals surface area (Å²) in [4.78, 5) is 8.36. The molecule has 33 heavy (non-hydrogen) atoms. The van der Waals surface area contributed by atoms with E-state index >= 15 is 0 Å². The Labute approximate surface area is 190 Å². The van der Waals surface area contributed by atoms with Gasteiger partial charge in [0.2, 0.25) is 0 Å². The van der Waals surface area contributed by atoms with E-state index in [1.807, 2.05) is 0 Å². The van der Waals surface area contributed by atoms with Gasteiger partial charge in [0.1, 0.15) is 17.1 Å². The molecule has 172 valence electrons. The molecule has 2 aromatic carbocycles. The van der Waals surface area contributed by atoms with Crippen molar-refractivity contribution in [2.45, 2.75) is 28.9 Å². The van der Waals surface area contributed by atoms with Crippen LogP contribution >= 0.6 is 0 Å². The highest BCUT2D eigenvalue weighted by molar-refractivity contribution is 7.92. The number of hydrogen-bond acceptors (Lipinski definition) is 9. The van der Waals surface area contributed by atoms with E-state index in [1.165, 1.54) is 55.0 Å². The van der Waals surface area contributed by atoms with Gasteiger partial charge in [-0.15, -0.1) is 0 Å². The lowest BCUT2D eigenvalue weighted by molar-refractivity contribution is 0.484. The maximum Gasteiger partial charge on any atom is 0.180 e. The van der Waals surface area contributed by atoms with Crippen molar-refractivity contribution in [3.05, 3.63) is 55.0 Å². The molecule has 0 saturated heterocycles. The van der Waals surface area contributed by atoms with Crippen molar-refractivity contribution in [3.63, 3.8) is 0 Å². The smallest absolute Gasteiger partial charge is 0.180 e. The van der Waals surface area contributed by atoms with Gasteiger partial charge >= 0.3 is 0 Å². The van der Waals surface area contributed by atoms with E-state index < -0.39 is 24.9 Å². The quantitative estimate of drug-likeness (QED) is 0.400. The molecule has 0 atom stereocenters. The number of fused-ring (bicyclic) bond motifs is 1. The predicted molar refractivity (Wildman–Crippen MR) is 123 cm³/mol. The van der Waals surface area contributed by atoms with Gasteiger partial charge in [-0.1, -0.05) is 0 Å². The average molecular weight is 488 g/mol. The van der Waals surface area contributed by atoms with Crippen LogP contribution in [0.2, 0.25) is 0 Å². The van der Waals surface area contributed by atoms with E-state index in [2.05, 4.69) is 25.5 Å². The van der Waals surface area contributed by atoms with Crippen LogP contribution in [0.3, 0.4) is 0 Å². The van der Waals surface area contributed by atoms with Crippen LogP contribution in [0.5, 0.6) is 11.5 Å². The van der Waals surface area contributed by atoms with Gasteiger partial charge in [-0.25, -0.2) is 21.8 Å². The van der Waals surface area contributed by atoms with E-state index in [-0.39, 0.29) is 15.5 Å². The topological polar surface area (TPSA) is 144 Å². The van der Waals surface area contributed by atoms with Crippen LogP contribution in [-0.2, 0) is 19.7 Å². The summed E-state index contributed by atoms with van der Waals surface area (Å²) >= 11 is 0. The molecule has 0 saturated carbocycles. The minimum absolute atomic E-state index is 0.0661. The molecule has 0 aliphatic rings. The fourth-order valence-electron chi connectivity index (χ4n) is 3.04. The van der Waals surface area contributed by atoms with Gasteiger partial charge in [0.05, 0.1) is 21.2 Å². The van der Waals surface area contributed by atoms with Gasteiger partial charge in [-0.2, -0.15) is 5.10 Å². The summed E-state index contributed by atoms with van der Waals surface area (Å²) in [5.74, 6) is 1.34. The number of sulfone groups is 2. The zero-order valence-corrected chi connectivity index (χ0v) is 19.6. The number of aromatic amines is 1. The number of H-pyrrole nitrogens is 1. The van der Waals surface area contributed by atoms with Crippen LogP contribution in [-0.4, -0.2) is 48.5 Å². The van der Waals surface area contributed by atoms with Crippen LogP contribution < -0.4 is 10.1 Å². The van der Waals surface area contributed by atoms with Crippen LogP contribution in [0.25, 0.3) is 10.9 Å². The van der Waals surface area contributed by atoms with Crippen LogP contribution in [0.15, 0.2) is 64.8 Å². The first kappa shape index (κ1) is 22.7. The summed E-state index contributed by atoms with van der Waals surface area (Å²) in [7, 11) is -6.99. The Kier molecular flexibility index (Phi) is 5.80. The van der Waals surface area contributed by atoms with Crippen molar-refractivity contribution in [2.24, 2.45) is 0 Å². The second-order valence-electron chi connectivity index (χ2n) is 7.57. The SMILES string of the molecule is CC(C)S(=O)(=O)c1cc(Oc2ccc(S(C)(=O)=O)cc2)c2[nH]nc(Nc3cnccn3)c2c1. The molecule has 2 N–H and O–H groups in total. The van der Waals surface area contributed by atoms with Crippen molar-refractivity contribution in [2.75, 3.05) is 11.6 Å². The summed E-state index contributed by atoms with van der Waals surface area (Å²) in [6.07, 6.45) is 5.67. The van der Waals surface area contributed by atoms with Gasteiger partial charge in [-0.05, 0) is 44.2 Å². The van der Waals surface area contributed by atoms with Crippen LogP contribution in [0, 0.1) is 0 Å². The molecule has 0 bridgehead atoms. The highest BCUT2D eigenvalue weighted by Gasteiger charge is 2.24. The number of benzene rings is 2. The van der Waals surface area contributed by atoms with Crippen LogP contribution in [0.1, 0.15) is 13.8 Å². The van der Waals surface area contributed by atoms with Crippen LogP contribution in [0.4, 0.5) is 11.6 Å². The monoisotopic (exact) mass is 487 g/mol. The molecular weight excluding hydrogens is 466 g/mol. The van der Waals surface area contributed by atoms with E-state index in [4.69, 9.17) is 4.74 Å². The Morgan fingerprint density at radius 1 is 1.00 bits per heavy atom. The Bertz CT molecular complexity index is 1510. The molecule has 0 aliphatic carbocycles. The van der Waals surface area contributed by atoms with Gasteiger partial charge in [0.15, 0.2) is 31.2 Å². The van der Waals surface area contributed by atoms with Gasteiger partial charge in [0, 0.05) is 30.1 Å². The average Bonchev–Trinajstić information content (AvgIpc) is 3.17. The summed E-state index contributed by atoms with van der Waals surface area (Å²) in [6.45, 7) is 3.19. The Morgan fingerprint density at radius 3 is 2.33 bits per heavy atom. The van der Waals surface area contributed by atoms with E-state index in [1.54, 1.807) is 13.8 Å². The van der Waals surface area contributed by atoms with Gasteiger partial charge in [-0.3, -0.25) is 10.1 Å². The van der Waals surface area contributed by atoms with Gasteiger partial charge < -0.3 is 10.1 Å². The van der Waals surface area contributed by atoms with E-state index in [0.29, 0.717) is 28.3 Å². The molecule has 2 aromatic heterocycles. The third-order valence-electron chi connectivity index (χ3n) is 4.85. The summed E-state index contributed by atoms with van der Waals surface area (Å²) in [5, 5.41) is 9.95. The largest absolute Gasteiger partial charge is 0.455 e. The lowest BCUT2D eigenvalue weighted by Crippen LogP contribution is -2.14. The highest BCUT2D eigenvalue weighted by atomic mass is 32.2. The van der Waals surface area contributed by atoms with Crippen molar-refractivity contribution in [1.29, 1.82) is 0 Å². The minimum atomic E-state index is -3.63. The zero-order chi connectivity index (χ0) is 23.8. The third-order valence-corrected chi connectivity index (χ3v) is 8.11. The lowest BCUT2D eigenvalue weighted by atomic mass is 10.2. The maximum atomic E-state index is 12.9. The maximum absolute atomic E-state index is 12.9. The fraction of sp³-hybridized carbons (Fsp3) is 0.190. The van der Waals surface area contributed by atoms with Crippen molar-refractivity contribution in [1.82, 2.24) is 20.2 Å². The zero-order valence-electron chi connectivity index (χ0n) is 18.0. The number of nitrogens with one attached hydrogen (secondary N) is 2. The van der Waals surface area contributed by atoms with Crippen molar-refractivity contribution in [3.8, 4) is 11.5 Å². The summed E-state index contributed by atoms with van der Waals surface area (Å²) < 4.78 is 55.2. The first-order valence-corrected chi connectivity index (χ1v) is 13.3. The molecule has 0 unspecified atom stereocenters. The number of aromatic nitrogens is 4. The van der Waals surface area contributed by atoms with E-state index in [9.17, 15) is 16.8 Å². The van der Waals surface area contributed by atoms with Crippen molar-refractivity contribution >= 4 is 42.2 Å². The second-order valence-corrected chi connectivity index (χ2v) is 12.1. The Morgan fingerprint density at radius 2 is 1.73 bits per heavy atom. The summed E-state index contributed by atoms with van der Waals surface area (Å²) in [6, 6.07) is 8.79. The highest BCUT2D eigenvalue weighted by Crippen LogP contribution is 2.36. The first-order valence-electron chi connectivity index (χ1n) is 9.83. The molecule has 0 radical (unpaired) electrons. The van der Waals surface area contributed by atoms with Crippen molar-refractivity contribution < 1.29 is 21.6 Å². The first-order chi connectivity index (χ1) is 15.6. The second kappa shape index (κ2) is 8.45. The Hall–Kier alpha value is -3.51. The number of nitrogens with zero attached hydrogens (tertiary/aromatic N) is 3. The predicted octanol–water partition coefficient (Wildman–Crippen LogP) is 3.47. The number of ether oxygens (including phenoxy) is 1. The number of rotatable bonds is 7. The number of anilines is 2. The minimum Gasteiger partial charge on any atom is -0.455 e. The molecule has 0 spiro atoms. The molecule has 0 amide bonds. The third kappa shape index (κ3) is 4.66. The molecule has 10 nitrogen and oxygen atoms in total. The Balaban J connectivity index is 1.82. The lowest BCUT2D eigenvalue weighted by Gasteiger charge is -2.12. The standard InChI is InChI=1S/C21H21N5O5S2/c1-13(2)33(29,30)16-10-17-20(25-26-21(17)24-19-12-22-8-9-23-19)18(11-16)31-14-4-6-15(7-5-14)32(3,27)28/h4-13H,1-3H3,(H2,23,24,25,26).